The van der Waals surface area contributed by atoms with Crippen LogP contribution in [0.3, 0.4) is 0 Å². The predicted molar refractivity (Wildman–Crippen MR) is 49.4 cm³/mol. The number of hydrogen-bond donors (Lipinski definition) is 0. The minimum atomic E-state index is -0.134. The zero-order valence-electron chi connectivity index (χ0n) is 8.54. The van der Waals surface area contributed by atoms with Gasteiger partial charge in [-0.25, -0.2) is 4.79 Å². The quantitative estimate of drug-likeness (QED) is 0.619. The first-order valence-electron chi connectivity index (χ1n) is 4.99. The average Bonchev–Trinajstić information content (AvgIpc) is 2.53. The van der Waals surface area contributed by atoms with Gasteiger partial charge in [0.25, 0.3) is 0 Å². The van der Waals surface area contributed by atoms with Crippen LogP contribution in [0.15, 0.2) is 0 Å². The maximum Gasteiger partial charge on any atom is 0.409 e. The number of piperidine rings is 1. The Labute approximate surface area is 79.0 Å². The Balaban J connectivity index is 1.87. The summed E-state index contributed by atoms with van der Waals surface area (Å²) in [5.41, 5.74) is 0.475. The summed E-state index contributed by atoms with van der Waals surface area (Å²) >= 11 is 0. The molecule has 2 fully saturated rings. The first-order chi connectivity index (χ1) is 6.07. The number of carbonyl (C=O) groups excluding carboxylic acids is 1. The van der Waals surface area contributed by atoms with Gasteiger partial charge in [-0.3, -0.25) is 0 Å². The minimum Gasteiger partial charge on any atom is -0.450 e. The second kappa shape index (κ2) is 2.63. The molecule has 1 heterocycles. The lowest BCUT2D eigenvalue weighted by Gasteiger charge is -2.20. The van der Waals surface area contributed by atoms with Crippen molar-refractivity contribution >= 4 is 6.09 Å². The number of rotatable bonds is 1. The number of fused-ring (bicyclic) bond motifs is 1. The normalized spacial score (nSPS) is 34.2. The van der Waals surface area contributed by atoms with Crippen LogP contribution in [-0.4, -0.2) is 30.7 Å². The van der Waals surface area contributed by atoms with Gasteiger partial charge in [-0.2, -0.15) is 0 Å². The second-order valence-electron chi connectivity index (χ2n) is 4.64. The Morgan fingerprint density at radius 1 is 1.46 bits per heavy atom. The zero-order chi connectivity index (χ0) is 9.64. The van der Waals surface area contributed by atoms with Crippen LogP contribution >= 0.6 is 0 Å². The maximum atomic E-state index is 11.3. The highest BCUT2D eigenvalue weighted by Crippen LogP contribution is 2.61. The Hall–Kier alpha value is -0.730. The summed E-state index contributed by atoms with van der Waals surface area (Å²) in [5.74, 6) is 1.44. The van der Waals surface area contributed by atoms with Gasteiger partial charge in [0.1, 0.15) is 0 Å². The van der Waals surface area contributed by atoms with Crippen LogP contribution < -0.4 is 0 Å². The summed E-state index contributed by atoms with van der Waals surface area (Å²) in [4.78, 5) is 13.2. The Morgan fingerprint density at radius 2 is 2.00 bits per heavy atom. The SMILES string of the molecule is CCOC(=O)N1CC2C(C1)C2(C)C. The van der Waals surface area contributed by atoms with E-state index in [0.29, 0.717) is 12.0 Å². The number of carbonyl (C=O) groups is 1. The largest absolute Gasteiger partial charge is 0.450 e. The molecule has 0 bridgehead atoms. The average molecular weight is 183 g/mol. The second-order valence-corrected chi connectivity index (χ2v) is 4.64. The van der Waals surface area contributed by atoms with Crippen LogP contribution in [-0.2, 0) is 4.74 Å². The summed E-state index contributed by atoms with van der Waals surface area (Å²) in [7, 11) is 0. The molecule has 0 spiro atoms. The molecule has 2 rings (SSSR count). The van der Waals surface area contributed by atoms with Gasteiger partial charge in [-0.15, -0.1) is 0 Å². The monoisotopic (exact) mass is 183 g/mol. The minimum absolute atomic E-state index is 0.134. The summed E-state index contributed by atoms with van der Waals surface area (Å²) in [6.45, 7) is 8.69. The number of nitrogens with zero attached hydrogens (tertiary/aromatic N) is 1. The third-order valence-corrected chi connectivity index (χ3v) is 3.65. The van der Waals surface area contributed by atoms with Crippen LogP contribution in [0.5, 0.6) is 0 Å². The number of hydrogen-bond acceptors (Lipinski definition) is 2. The van der Waals surface area contributed by atoms with Crippen molar-refractivity contribution in [2.45, 2.75) is 20.8 Å². The van der Waals surface area contributed by atoms with Gasteiger partial charge in [0, 0.05) is 13.1 Å². The van der Waals surface area contributed by atoms with E-state index in [2.05, 4.69) is 13.8 Å². The van der Waals surface area contributed by atoms with Gasteiger partial charge in [0.05, 0.1) is 6.61 Å². The fraction of sp³-hybridized carbons (Fsp3) is 0.900. The van der Waals surface area contributed by atoms with E-state index in [1.54, 1.807) is 0 Å². The van der Waals surface area contributed by atoms with Crippen molar-refractivity contribution in [2.75, 3.05) is 19.7 Å². The molecule has 2 aliphatic rings. The standard InChI is InChI=1S/C10H17NO2/c1-4-13-9(12)11-5-7-8(6-11)10(7,2)3/h7-8H,4-6H2,1-3H3. The molecule has 1 saturated carbocycles. The maximum absolute atomic E-state index is 11.3. The van der Waals surface area contributed by atoms with E-state index in [9.17, 15) is 4.79 Å². The van der Waals surface area contributed by atoms with Crippen LogP contribution in [0.4, 0.5) is 4.79 Å². The lowest BCUT2D eigenvalue weighted by molar-refractivity contribution is 0.107. The van der Waals surface area contributed by atoms with Crippen molar-refractivity contribution in [3.8, 4) is 0 Å². The van der Waals surface area contributed by atoms with Crippen molar-refractivity contribution in [1.82, 2.24) is 4.90 Å². The topological polar surface area (TPSA) is 29.5 Å². The zero-order valence-corrected chi connectivity index (χ0v) is 8.54. The summed E-state index contributed by atoms with van der Waals surface area (Å²) < 4.78 is 4.95. The molecule has 2 unspecified atom stereocenters. The molecule has 1 aliphatic heterocycles. The van der Waals surface area contributed by atoms with E-state index in [4.69, 9.17) is 4.74 Å². The Bertz CT molecular complexity index is 223. The Kier molecular flexibility index (Phi) is 1.79. The molecule has 3 heteroatoms. The molecule has 1 saturated heterocycles. The molecule has 0 aromatic heterocycles. The van der Waals surface area contributed by atoms with Crippen molar-refractivity contribution in [2.24, 2.45) is 17.3 Å². The highest BCUT2D eigenvalue weighted by molar-refractivity contribution is 5.68. The molecule has 13 heavy (non-hydrogen) atoms. The number of likely N-dealkylation sites (tertiary alicyclic amines) is 1. The fourth-order valence-corrected chi connectivity index (χ4v) is 2.50. The van der Waals surface area contributed by atoms with Gasteiger partial charge in [-0.05, 0) is 24.2 Å². The van der Waals surface area contributed by atoms with Crippen LogP contribution in [0.25, 0.3) is 0 Å². The highest BCUT2D eigenvalue weighted by Gasteiger charge is 2.62. The molecular weight excluding hydrogens is 166 g/mol. The molecule has 0 radical (unpaired) electrons. The highest BCUT2D eigenvalue weighted by atomic mass is 16.6. The van der Waals surface area contributed by atoms with Crippen molar-refractivity contribution in [1.29, 1.82) is 0 Å². The lowest BCUT2D eigenvalue weighted by Crippen LogP contribution is -2.33. The van der Waals surface area contributed by atoms with Crippen LogP contribution in [0.1, 0.15) is 20.8 Å². The number of amides is 1. The van der Waals surface area contributed by atoms with Crippen LogP contribution in [0, 0.1) is 17.3 Å². The molecule has 0 aromatic rings. The molecule has 1 aliphatic carbocycles. The fourth-order valence-electron chi connectivity index (χ4n) is 2.50. The van der Waals surface area contributed by atoms with E-state index in [-0.39, 0.29) is 6.09 Å². The van der Waals surface area contributed by atoms with E-state index in [1.165, 1.54) is 0 Å². The van der Waals surface area contributed by atoms with Crippen molar-refractivity contribution in [3.63, 3.8) is 0 Å². The molecule has 74 valence electrons. The third kappa shape index (κ3) is 1.21. The Morgan fingerprint density at radius 3 is 2.46 bits per heavy atom. The molecule has 0 N–H and O–H groups in total. The van der Waals surface area contributed by atoms with Gasteiger partial charge in [0.2, 0.25) is 0 Å². The van der Waals surface area contributed by atoms with Crippen molar-refractivity contribution in [3.05, 3.63) is 0 Å². The van der Waals surface area contributed by atoms with Gasteiger partial charge < -0.3 is 9.64 Å². The van der Waals surface area contributed by atoms with E-state index < -0.39 is 0 Å². The van der Waals surface area contributed by atoms with Crippen molar-refractivity contribution < 1.29 is 9.53 Å². The molecular formula is C10H17NO2. The summed E-state index contributed by atoms with van der Waals surface area (Å²) in [6.07, 6.45) is -0.134. The van der Waals surface area contributed by atoms with E-state index in [1.807, 2.05) is 11.8 Å². The molecule has 2 atom stereocenters. The first-order valence-corrected chi connectivity index (χ1v) is 4.99. The smallest absolute Gasteiger partial charge is 0.409 e. The molecule has 0 aromatic carbocycles. The van der Waals surface area contributed by atoms with E-state index >= 15 is 0 Å². The summed E-state index contributed by atoms with van der Waals surface area (Å²) in [5, 5.41) is 0. The molecule has 1 amide bonds. The van der Waals surface area contributed by atoms with Gasteiger partial charge >= 0.3 is 6.09 Å². The lowest BCUT2D eigenvalue weighted by atomic mass is 10.1. The van der Waals surface area contributed by atoms with Gasteiger partial charge in [0.15, 0.2) is 0 Å². The summed E-state index contributed by atoms with van der Waals surface area (Å²) in [6, 6.07) is 0. The number of ether oxygens (including phenoxy) is 1. The third-order valence-electron chi connectivity index (χ3n) is 3.65. The van der Waals surface area contributed by atoms with Gasteiger partial charge in [-0.1, -0.05) is 13.8 Å². The predicted octanol–water partition coefficient (Wildman–Crippen LogP) is 1.73. The molecule has 3 nitrogen and oxygen atoms in total. The first kappa shape index (κ1) is 8.85. The van der Waals surface area contributed by atoms with Crippen LogP contribution in [0.2, 0.25) is 0 Å². The van der Waals surface area contributed by atoms with E-state index in [0.717, 1.165) is 24.9 Å².